The van der Waals surface area contributed by atoms with Crippen LogP contribution in [0.3, 0.4) is 0 Å². The number of aliphatic hydroxyl groups excluding tert-OH is 1. The molecular weight excluding hydrogens is 395 g/mol. The highest BCUT2D eigenvalue weighted by molar-refractivity contribution is 6.05. The van der Waals surface area contributed by atoms with Gasteiger partial charge < -0.3 is 29.5 Å². The molecule has 4 rings (SSSR count). The number of rotatable bonds is 4. The molecule has 0 bridgehead atoms. The van der Waals surface area contributed by atoms with Crippen LogP contribution in [0.4, 0.5) is 10.1 Å². The Morgan fingerprint density at radius 3 is 2.53 bits per heavy atom. The summed E-state index contributed by atoms with van der Waals surface area (Å²) in [5, 5.41) is 16.7. The van der Waals surface area contributed by atoms with Gasteiger partial charge in [-0.1, -0.05) is 5.16 Å². The Morgan fingerprint density at radius 1 is 1.27 bits per heavy atom. The summed E-state index contributed by atoms with van der Waals surface area (Å²) in [5.74, 6) is -1.21. The van der Waals surface area contributed by atoms with Gasteiger partial charge in [0, 0.05) is 38.7 Å². The smallest absolute Gasteiger partial charge is 0.276 e. The third-order valence-electron chi connectivity index (χ3n) is 5.44. The van der Waals surface area contributed by atoms with Gasteiger partial charge in [0.1, 0.15) is 0 Å². The third-order valence-corrected chi connectivity index (χ3v) is 5.44. The number of aliphatic hydroxyl groups is 1. The fourth-order valence-corrected chi connectivity index (χ4v) is 4.23. The zero-order chi connectivity index (χ0) is 21.6. The van der Waals surface area contributed by atoms with Crippen LogP contribution in [-0.2, 0) is 16.1 Å². The first-order valence-electron chi connectivity index (χ1n) is 9.96. The molecule has 0 radical (unpaired) electrons. The Bertz CT molecular complexity index is 977. The predicted octanol–water partition coefficient (Wildman–Crippen LogP) is 1.03. The van der Waals surface area contributed by atoms with E-state index in [-0.39, 0.29) is 46.5 Å². The maximum atomic E-state index is 15.4. The lowest BCUT2D eigenvalue weighted by Crippen LogP contribution is -2.60. The van der Waals surface area contributed by atoms with Crippen molar-refractivity contribution < 1.29 is 28.3 Å². The average Bonchev–Trinajstić information content (AvgIpc) is 3.06. The molecule has 0 saturated carbocycles. The van der Waals surface area contributed by atoms with Gasteiger partial charge in [0.15, 0.2) is 11.5 Å². The summed E-state index contributed by atoms with van der Waals surface area (Å²) in [4.78, 5) is 27.3. The number of amides is 2. The van der Waals surface area contributed by atoms with Gasteiger partial charge in [-0.25, -0.2) is 4.39 Å². The number of fused-ring (bicyclic) bond motifs is 1. The predicted molar refractivity (Wildman–Crippen MR) is 106 cm³/mol. The third kappa shape index (κ3) is 3.61. The normalized spacial score (nSPS) is 22.3. The van der Waals surface area contributed by atoms with Crippen LogP contribution < -0.4 is 10.2 Å². The van der Waals surface area contributed by atoms with Gasteiger partial charge in [0.2, 0.25) is 11.5 Å². The fraction of sp³-hybridized carbons (Fsp3) is 0.550. The molecule has 1 aromatic carbocycles. The minimum absolute atomic E-state index is 0.00450. The Hall–Kier alpha value is -2.72. The summed E-state index contributed by atoms with van der Waals surface area (Å²) in [6, 6.07) is 1.46. The van der Waals surface area contributed by atoms with Crippen LogP contribution >= 0.6 is 0 Å². The molecule has 2 amide bonds. The van der Waals surface area contributed by atoms with Crippen molar-refractivity contribution in [3.05, 3.63) is 23.1 Å². The lowest BCUT2D eigenvalue weighted by Gasteiger charge is -2.39. The Morgan fingerprint density at radius 2 is 1.93 bits per heavy atom. The van der Waals surface area contributed by atoms with Crippen LogP contribution in [0.25, 0.3) is 11.0 Å². The first-order valence-corrected chi connectivity index (χ1v) is 9.96. The van der Waals surface area contributed by atoms with Gasteiger partial charge in [0.05, 0.1) is 35.9 Å². The van der Waals surface area contributed by atoms with Crippen molar-refractivity contribution in [2.24, 2.45) is 0 Å². The van der Waals surface area contributed by atoms with Crippen LogP contribution in [0.15, 0.2) is 10.6 Å². The van der Waals surface area contributed by atoms with E-state index in [1.807, 2.05) is 18.7 Å². The molecule has 162 valence electrons. The number of halogens is 1. The van der Waals surface area contributed by atoms with Crippen molar-refractivity contribution >= 4 is 28.5 Å². The van der Waals surface area contributed by atoms with Crippen molar-refractivity contribution in [3.63, 3.8) is 0 Å². The number of morpholine rings is 1. The lowest BCUT2D eigenvalue weighted by atomic mass is 10.0. The first-order chi connectivity index (χ1) is 14.3. The summed E-state index contributed by atoms with van der Waals surface area (Å²) >= 11 is 0. The van der Waals surface area contributed by atoms with Crippen molar-refractivity contribution in [2.75, 3.05) is 31.1 Å². The Kier molecular flexibility index (Phi) is 5.37. The van der Waals surface area contributed by atoms with E-state index in [0.717, 1.165) is 0 Å². The van der Waals surface area contributed by atoms with Gasteiger partial charge in [-0.15, -0.1) is 0 Å². The molecule has 30 heavy (non-hydrogen) atoms. The first kappa shape index (κ1) is 20.5. The number of hydrogen-bond acceptors (Lipinski definition) is 7. The Labute approximate surface area is 172 Å². The van der Waals surface area contributed by atoms with E-state index in [0.29, 0.717) is 31.7 Å². The molecule has 1 aromatic heterocycles. The Balaban J connectivity index is 1.65. The number of nitrogens with zero attached hydrogens (tertiary/aromatic N) is 3. The summed E-state index contributed by atoms with van der Waals surface area (Å²) in [6.45, 7) is 6.48. The molecule has 2 fully saturated rings. The van der Waals surface area contributed by atoms with Gasteiger partial charge in [0.25, 0.3) is 5.91 Å². The van der Waals surface area contributed by atoms with Crippen LogP contribution in [0.5, 0.6) is 0 Å². The maximum absolute atomic E-state index is 15.4. The highest BCUT2D eigenvalue weighted by atomic mass is 19.1. The standard InChI is InChI=1S/C20H25FN4O5/c1-10-5-24(6-11(2)29-10)18-13(9-26)4-15-17(23-30-19(15)16(18)21)20(28)25-7-14(8-25)22-12(3)27/h4,10-11,14,26H,5-9H2,1-3H3,(H,22,27). The molecule has 2 N–H and O–H groups in total. The molecule has 10 heteroatoms. The highest BCUT2D eigenvalue weighted by Gasteiger charge is 2.35. The number of anilines is 1. The van der Waals surface area contributed by atoms with Gasteiger partial charge in [-0.3, -0.25) is 9.59 Å². The minimum atomic E-state index is -0.649. The molecule has 0 spiro atoms. The van der Waals surface area contributed by atoms with Crippen LogP contribution in [-0.4, -0.2) is 71.4 Å². The van der Waals surface area contributed by atoms with Gasteiger partial charge in [-0.2, -0.15) is 0 Å². The lowest BCUT2D eigenvalue weighted by molar-refractivity contribution is -0.120. The molecule has 2 atom stereocenters. The molecule has 0 aliphatic carbocycles. The maximum Gasteiger partial charge on any atom is 0.276 e. The van der Waals surface area contributed by atoms with E-state index in [1.54, 1.807) is 6.07 Å². The van der Waals surface area contributed by atoms with Crippen LogP contribution in [0, 0.1) is 5.82 Å². The second kappa shape index (κ2) is 7.84. The van der Waals surface area contributed by atoms with E-state index >= 15 is 4.39 Å². The molecule has 2 aliphatic heterocycles. The van der Waals surface area contributed by atoms with Crippen molar-refractivity contribution in [2.45, 2.75) is 45.6 Å². The quantitative estimate of drug-likeness (QED) is 0.761. The van der Waals surface area contributed by atoms with Gasteiger partial charge in [-0.05, 0) is 19.9 Å². The number of carbonyl (C=O) groups excluding carboxylic acids is 2. The number of likely N-dealkylation sites (tertiary alicyclic amines) is 1. The monoisotopic (exact) mass is 420 g/mol. The van der Waals surface area contributed by atoms with E-state index in [1.165, 1.54) is 11.8 Å². The number of hydrogen-bond donors (Lipinski definition) is 2. The number of nitrogens with one attached hydrogen (secondary N) is 1. The summed E-state index contributed by atoms with van der Waals surface area (Å²) < 4.78 is 26.4. The molecule has 2 aliphatic rings. The highest BCUT2D eigenvalue weighted by Crippen LogP contribution is 2.35. The summed E-state index contributed by atoms with van der Waals surface area (Å²) in [6.07, 6.45) is -0.185. The van der Waals surface area contributed by atoms with E-state index < -0.39 is 18.3 Å². The summed E-state index contributed by atoms with van der Waals surface area (Å²) in [5.41, 5.74) is 0.488. The van der Waals surface area contributed by atoms with E-state index in [4.69, 9.17) is 9.26 Å². The van der Waals surface area contributed by atoms with Gasteiger partial charge >= 0.3 is 0 Å². The second-order valence-corrected chi connectivity index (χ2v) is 8.03. The van der Waals surface area contributed by atoms with Crippen molar-refractivity contribution in [1.29, 1.82) is 0 Å². The minimum Gasteiger partial charge on any atom is -0.392 e. The van der Waals surface area contributed by atoms with E-state index in [9.17, 15) is 14.7 Å². The summed E-state index contributed by atoms with van der Waals surface area (Å²) in [7, 11) is 0. The average molecular weight is 420 g/mol. The SMILES string of the molecule is CC(=O)NC1CN(C(=O)c2noc3c(F)c(N4CC(C)OC(C)C4)c(CO)cc23)C1. The van der Waals surface area contributed by atoms with Crippen molar-refractivity contribution in [3.8, 4) is 0 Å². The van der Waals surface area contributed by atoms with Crippen LogP contribution in [0.2, 0.25) is 0 Å². The van der Waals surface area contributed by atoms with Crippen LogP contribution in [0.1, 0.15) is 36.8 Å². The molecule has 3 heterocycles. The fourth-order valence-electron chi connectivity index (χ4n) is 4.23. The zero-order valence-electron chi connectivity index (χ0n) is 17.1. The second-order valence-electron chi connectivity index (χ2n) is 8.03. The number of benzene rings is 1. The number of ether oxygens (including phenoxy) is 1. The molecule has 9 nitrogen and oxygen atoms in total. The van der Waals surface area contributed by atoms with Crippen molar-refractivity contribution in [1.82, 2.24) is 15.4 Å². The molecule has 2 unspecified atom stereocenters. The zero-order valence-corrected chi connectivity index (χ0v) is 17.1. The largest absolute Gasteiger partial charge is 0.392 e. The van der Waals surface area contributed by atoms with E-state index in [2.05, 4.69) is 10.5 Å². The molecule has 2 saturated heterocycles. The molecular formula is C20H25FN4O5. The molecule has 2 aromatic rings. The topological polar surface area (TPSA) is 108 Å². The number of aromatic nitrogens is 1. The number of carbonyl (C=O) groups is 2.